The summed E-state index contributed by atoms with van der Waals surface area (Å²) in [5.41, 5.74) is 2.22. The van der Waals surface area contributed by atoms with E-state index in [1.807, 2.05) is 37.3 Å². The Bertz CT molecular complexity index is 1220. The molecule has 1 aliphatic heterocycles. The van der Waals surface area contributed by atoms with Gasteiger partial charge in [0.05, 0.1) is 30.2 Å². The molecule has 4 rings (SSSR count). The lowest BCUT2D eigenvalue weighted by Gasteiger charge is -2.29. The van der Waals surface area contributed by atoms with E-state index >= 15 is 0 Å². The number of carbonyl (C=O) groups is 2. The first kappa shape index (κ1) is 23.4. The van der Waals surface area contributed by atoms with E-state index in [1.54, 1.807) is 24.3 Å². The molecule has 1 amide bonds. The molecule has 1 unspecified atom stereocenters. The van der Waals surface area contributed by atoms with E-state index in [1.165, 1.54) is 17.2 Å². The summed E-state index contributed by atoms with van der Waals surface area (Å²) in [6.07, 6.45) is 2.19. The van der Waals surface area contributed by atoms with Crippen molar-refractivity contribution >= 4 is 17.4 Å². The molecule has 0 aliphatic carbocycles. The number of aliphatic hydroxyl groups is 1. The molecule has 6 heteroatoms. The first-order chi connectivity index (χ1) is 16.2. The van der Waals surface area contributed by atoms with E-state index in [9.17, 15) is 14.7 Å². The molecule has 1 aromatic heterocycles. The fourth-order valence-corrected chi connectivity index (χ4v) is 4.10. The van der Waals surface area contributed by atoms with Crippen LogP contribution in [0.1, 0.15) is 61.8 Å². The quantitative estimate of drug-likeness (QED) is 0.429. The molecule has 34 heavy (non-hydrogen) atoms. The van der Waals surface area contributed by atoms with E-state index in [0.717, 1.165) is 12.0 Å². The number of rotatable bonds is 7. The highest BCUT2D eigenvalue weighted by Crippen LogP contribution is 2.45. The molecule has 0 fully saturated rings. The average Bonchev–Trinajstić information content (AvgIpc) is 3.45. The van der Waals surface area contributed by atoms with Crippen LogP contribution >= 0.6 is 0 Å². The molecule has 0 saturated heterocycles. The Morgan fingerprint density at radius 3 is 2.38 bits per heavy atom. The lowest BCUT2D eigenvalue weighted by Crippen LogP contribution is -2.31. The number of Topliss-reactive ketones (excluding diaryl/α,β-unsaturated/α-hetero) is 1. The number of furan rings is 1. The third-order valence-electron chi connectivity index (χ3n) is 5.88. The third kappa shape index (κ3) is 4.23. The van der Waals surface area contributed by atoms with Crippen LogP contribution in [0.25, 0.3) is 0 Å². The summed E-state index contributed by atoms with van der Waals surface area (Å²) in [6.45, 7) is 8.82. The minimum Gasteiger partial charge on any atom is -0.503 e. The fraction of sp³-hybridized carbons (Fsp3) is 0.286. The zero-order chi connectivity index (χ0) is 24.5. The Balaban J connectivity index is 1.87. The van der Waals surface area contributed by atoms with Crippen LogP contribution in [-0.2, 0) is 10.2 Å². The van der Waals surface area contributed by atoms with Gasteiger partial charge in [-0.1, -0.05) is 64.1 Å². The second kappa shape index (κ2) is 9.21. The van der Waals surface area contributed by atoms with Crippen molar-refractivity contribution in [2.45, 2.75) is 45.6 Å². The van der Waals surface area contributed by atoms with Crippen LogP contribution in [0.4, 0.5) is 5.69 Å². The highest BCUT2D eigenvalue weighted by molar-refractivity contribution is 6.20. The number of benzene rings is 2. The zero-order valence-corrected chi connectivity index (χ0v) is 19.9. The van der Waals surface area contributed by atoms with E-state index in [2.05, 4.69) is 20.8 Å². The number of para-hydroxylation sites is 2. The zero-order valence-electron chi connectivity index (χ0n) is 19.9. The van der Waals surface area contributed by atoms with Crippen LogP contribution in [0.3, 0.4) is 0 Å². The molecule has 0 saturated carbocycles. The van der Waals surface area contributed by atoms with Crippen molar-refractivity contribution in [1.29, 1.82) is 0 Å². The van der Waals surface area contributed by atoms with Crippen LogP contribution in [0.15, 0.2) is 82.7 Å². The molecule has 1 aliphatic rings. The lowest BCUT2D eigenvalue weighted by molar-refractivity contribution is -0.117. The molecule has 0 spiro atoms. The number of aliphatic hydroxyl groups excluding tert-OH is 1. The summed E-state index contributed by atoms with van der Waals surface area (Å²) in [5, 5.41) is 10.9. The topological polar surface area (TPSA) is 80.0 Å². The summed E-state index contributed by atoms with van der Waals surface area (Å²) in [6, 6.07) is 17.2. The third-order valence-corrected chi connectivity index (χ3v) is 5.88. The van der Waals surface area contributed by atoms with Crippen molar-refractivity contribution in [3.05, 3.63) is 95.1 Å². The van der Waals surface area contributed by atoms with Crippen molar-refractivity contribution in [1.82, 2.24) is 0 Å². The predicted molar refractivity (Wildman–Crippen MR) is 130 cm³/mol. The molecule has 6 nitrogen and oxygen atoms in total. The highest BCUT2D eigenvalue weighted by atomic mass is 16.5. The maximum atomic E-state index is 13.4. The van der Waals surface area contributed by atoms with Gasteiger partial charge in [-0.3, -0.25) is 14.5 Å². The summed E-state index contributed by atoms with van der Waals surface area (Å²) in [4.78, 5) is 28.2. The van der Waals surface area contributed by atoms with Crippen LogP contribution < -0.4 is 9.64 Å². The number of nitrogens with zero attached hydrogens (tertiary/aromatic N) is 1. The van der Waals surface area contributed by atoms with Gasteiger partial charge < -0.3 is 14.3 Å². The van der Waals surface area contributed by atoms with Crippen LogP contribution in [0, 0.1) is 0 Å². The average molecular weight is 460 g/mol. The van der Waals surface area contributed by atoms with Crippen LogP contribution in [0.2, 0.25) is 0 Å². The number of hydrogen-bond donors (Lipinski definition) is 1. The molecule has 2 heterocycles. The molecule has 1 N–H and O–H groups in total. The Hall–Kier alpha value is -3.80. The second-order valence-electron chi connectivity index (χ2n) is 9.33. The molecule has 0 bridgehead atoms. The lowest BCUT2D eigenvalue weighted by atomic mass is 9.85. The normalized spacial score (nSPS) is 16.3. The predicted octanol–water partition coefficient (Wildman–Crippen LogP) is 6.15. The molecular formula is C28H29NO5. The van der Waals surface area contributed by atoms with Crippen molar-refractivity contribution in [3.63, 3.8) is 0 Å². The van der Waals surface area contributed by atoms with Crippen LogP contribution in [0.5, 0.6) is 5.75 Å². The number of ether oxygens (including phenoxy) is 1. The van der Waals surface area contributed by atoms with Crippen molar-refractivity contribution < 1.29 is 23.8 Å². The van der Waals surface area contributed by atoms with Crippen molar-refractivity contribution in [3.8, 4) is 5.75 Å². The summed E-state index contributed by atoms with van der Waals surface area (Å²) in [5.74, 6) is -1.21. The van der Waals surface area contributed by atoms with Gasteiger partial charge in [0.25, 0.3) is 5.91 Å². The van der Waals surface area contributed by atoms with Crippen molar-refractivity contribution in [2.24, 2.45) is 0 Å². The summed E-state index contributed by atoms with van der Waals surface area (Å²) >= 11 is 0. The number of hydrogen-bond acceptors (Lipinski definition) is 5. The smallest absolute Gasteiger partial charge is 0.294 e. The minimum absolute atomic E-state index is 0.0197. The van der Waals surface area contributed by atoms with E-state index in [4.69, 9.17) is 9.15 Å². The van der Waals surface area contributed by atoms with Crippen LogP contribution in [-0.4, -0.2) is 23.4 Å². The molecule has 2 aromatic carbocycles. The number of anilines is 1. The van der Waals surface area contributed by atoms with Gasteiger partial charge in [-0.05, 0) is 47.2 Å². The Morgan fingerprint density at radius 1 is 1.06 bits per heavy atom. The number of ketones is 1. The maximum Gasteiger partial charge on any atom is 0.294 e. The standard InChI is InChI=1S/C28H29NO5/c1-5-16-33-21-10-7-6-9-20(21)29-24(18-12-14-19(15-13-18)28(2,3)4)23(26(31)27(29)32)25(30)22-11-8-17-34-22/h6-15,17,24,31H,5,16H2,1-4H3. The first-order valence-electron chi connectivity index (χ1n) is 11.4. The van der Waals surface area contributed by atoms with Gasteiger partial charge in [-0.2, -0.15) is 0 Å². The minimum atomic E-state index is -0.842. The fourth-order valence-electron chi connectivity index (χ4n) is 4.10. The van der Waals surface area contributed by atoms with Gasteiger partial charge in [-0.25, -0.2) is 0 Å². The summed E-state index contributed by atoms with van der Waals surface area (Å²) < 4.78 is 11.2. The Kier molecular flexibility index (Phi) is 6.33. The summed E-state index contributed by atoms with van der Waals surface area (Å²) in [7, 11) is 0. The van der Waals surface area contributed by atoms with Gasteiger partial charge >= 0.3 is 0 Å². The largest absolute Gasteiger partial charge is 0.503 e. The molecule has 176 valence electrons. The Labute approximate surface area is 199 Å². The molecular weight excluding hydrogens is 430 g/mol. The van der Waals surface area contributed by atoms with Gasteiger partial charge in [0.2, 0.25) is 5.78 Å². The van der Waals surface area contributed by atoms with Gasteiger partial charge in [0.1, 0.15) is 5.75 Å². The van der Waals surface area contributed by atoms with Crippen molar-refractivity contribution in [2.75, 3.05) is 11.5 Å². The monoisotopic (exact) mass is 459 g/mol. The number of carbonyl (C=O) groups excluding carboxylic acids is 2. The van der Waals surface area contributed by atoms with Gasteiger partial charge in [0.15, 0.2) is 11.5 Å². The Morgan fingerprint density at radius 2 is 1.76 bits per heavy atom. The second-order valence-corrected chi connectivity index (χ2v) is 9.33. The number of amides is 1. The molecule has 3 aromatic rings. The SMILES string of the molecule is CCCOc1ccccc1N1C(=O)C(O)=C(C(=O)c2ccco2)C1c1ccc(C(C)(C)C)cc1. The van der Waals surface area contributed by atoms with E-state index in [0.29, 0.717) is 23.6 Å². The molecule has 1 atom stereocenters. The van der Waals surface area contributed by atoms with E-state index < -0.39 is 23.5 Å². The molecule has 0 radical (unpaired) electrons. The van der Waals surface area contributed by atoms with Gasteiger partial charge in [-0.15, -0.1) is 0 Å². The van der Waals surface area contributed by atoms with E-state index in [-0.39, 0.29) is 16.7 Å². The van der Waals surface area contributed by atoms with Gasteiger partial charge in [0, 0.05) is 0 Å². The maximum absolute atomic E-state index is 13.4. The first-order valence-corrected chi connectivity index (χ1v) is 11.4. The highest BCUT2D eigenvalue weighted by Gasteiger charge is 2.46.